The molecular weight excluding hydrogens is 350 g/mol. The lowest BCUT2D eigenvalue weighted by Gasteiger charge is -2.15. The van der Waals surface area contributed by atoms with Gasteiger partial charge in [-0.25, -0.2) is 0 Å². The molecule has 1 aromatic carbocycles. The summed E-state index contributed by atoms with van der Waals surface area (Å²) in [5.74, 6) is 0.999. The summed E-state index contributed by atoms with van der Waals surface area (Å²) >= 11 is 0. The second kappa shape index (κ2) is 10.4. The first-order valence-electron chi connectivity index (χ1n) is 10.0. The minimum Gasteiger partial charge on any atom is -0.357 e. The summed E-state index contributed by atoms with van der Waals surface area (Å²) in [6, 6.07) is 14.2. The average Bonchev–Trinajstić information content (AvgIpc) is 3.16. The Morgan fingerprint density at radius 2 is 1.86 bits per heavy atom. The van der Waals surface area contributed by atoms with Crippen LogP contribution in [0.3, 0.4) is 0 Å². The molecule has 28 heavy (non-hydrogen) atoms. The van der Waals surface area contributed by atoms with E-state index in [2.05, 4.69) is 32.7 Å². The first-order chi connectivity index (χ1) is 13.8. The molecule has 0 saturated heterocycles. The number of carbonyl (C=O) groups excluding carboxylic acids is 1. The van der Waals surface area contributed by atoms with Crippen molar-refractivity contribution in [3.05, 3.63) is 65.5 Å². The van der Waals surface area contributed by atoms with E-state index >= 15 is 0 Å². The summed E-state index contributed by atoms with van der Waals surface area (Å²) in [5, 5.41) is 6.57. The maximum absolute atomic E-state index is 12.5. The quantitative estimate of drug-likeness (QED) is 0.420. The van der Waals surface area contributed by atoms with Crippen molar-refractivity contribution in [1.29, 1.82) is 0 Å². The lowest BCUT2D eigenvalue weighted by molar-refractivity contribution is -0.131. The van der Waals surface area contributed by atoms with Crippen LogP contribution in [-0.4, -0.2) is 41.4 Å². The Morgan fingerprint density at radius 1 is 1.11 bits per heavy atom. The SMILES string of the molecule is CCNC(=NCCCC(=O)N1Cc2ccccc2C1)NCCc1ccccn1. The van der Waals surface area contributed by atoms with Gasteiger partial charge < -0.3 is 15.5 Å². The van der Waals surface area contributed by atoms with E-state index in [1.54, 1.807) is 0 Å². The topological polar surface area (TPSA) is 69.6 Å². The zero-order valence-corrected chi connectivity index (χ0v) is 16.5. The second-order valence-corrected chi connectivity index (χ2v) is 6.88. The highest BCUT2D eigenvalue weighted by Crippen LogP contribution is 2.22. The highest BCUT2D eigenvalue weighted by molar-refractivity contribution is 5.80. The van der Waals surface area contributed by atoms with E-state index in [9.17, 15) is 4.79 Å². The predicted octanol–water partition coefficient (Wildman–Crippen LogP) is 2.50. The molecule has 0 saturated carbocycles. The molecule has 2 aromatic rings. The molecule has 1 aliphatic heterocycles. The highest BCUT2D eigenvalue weighted by atomic mass is 16.2. The van der Waals surface area contributed by atoms with Crippen molar-refractivity contribution in [3.8, 4) is 0 Å². The average molecular weight is 380 g/mol. The van der Waals surface area contributed by atoms with Gasteiger partial charge in [0.25, 0.3) is 0 Å². The Labute approximate surface area is 167 Å². The Morgan fingerprint density at radius 3 is 2.54 bits per heavy atom. The van der Waals surface area contributed by atoms with Crippen LogP contribution in [0.5, 0.6) is 0 Å². The number of aromatic nitrogens is 1. The van der Waals surface area contributed by atoms with Crippen LogP contribution >= 0.6 is 0 Å². The van der Waals surface area contributed by atoms with Crippen LogP contribution in [0, 0.1) is 0 Å². The minimum atomic E-state index is 0.208. The Kier molecular flexibility index (Phi) is 7.41. The van der Waals surface area contributed by atoms with Crippen molar-refractivity contribution < 1.29 is 4.79 Å². The number of pyridine rings is 1. The molecule has 3 rings (SSSR count). The third-order valence-electron chi connectivity index (χ3n) is 4.76. The van der Waals surface area contributed by atoms with Crippen LogP contribution in [0.25, 0.3) is 0 Å². The van der Waals surface area contributed by atoms with Crippen LogP contribution in [-0.2, 0) is 24.3 Å². The molecule has 0 spiro atoms. The standard InChI is InChI=1S/C22H29N5O/c1-2-23-22(26-15-12-20-10-5-6-13-24-20)25-14-7-11-21(28)27-16-18-8-3-4-9-19(18)17-27/h3-6,8-10,13H,2,7,11-12,14-17H2,1H3,(H2,23,25,26). The molecular formula is C22H29N5O. The Hall–Kier alpha value is -2.89. The number of hydrogen-bond donors (Lipinski definition) is 2. The van der Waals surface area contributed by atoms with E-state index in [4.69, 9.17) is 0 Å². The molecule has 0 radical (unpaired) electrons. The summed E-state index contributed by atoms with van der Waals surface area (Å²) in [6.07, 6.45) is 3.94. The van der Waals surface area contributed by atoms with Crippen LogP contribution < -0.4 is 10.6 Å². The zero-order valence-electron chi connectivity index (χ0n) is 16.5. The molecule has 6 heteroatoms. The molecule has 0 unspecified atom stereocenters. The number of carbonyl (C=O) groups is 1. The second-order valence-electron chi connectivity index (χ2n) is 6.88. The summed E-state index contributed by atoms with van der Waals surface area (Å²) in [5.41, 5.74) is 3.59. The number of amides is 1. The third kappa shape index (κ3) is 5.81. The van der Waals surface area contributed by atoms with E-state index in [1.807, 2.05) is 48.4 Å². The highest BCUT2D eigenvalue weighted by Gasteiger charge is 2.22. The fourth-order valence-corrected chi connectivity index (χ4v) is 3.29. The molecule has 0 fully saturated rings. The number of rotatable bonds is 8. The minimum absolute atomic E-state index is 0.208. The van der Waals surface area contributed by atoms with E-state index in [0.717, 1.165) is 50.7 Å². The van der Waals surface area contributed by atoms with Gasteiger partial charge in [0.05, 0.1) is 0 Å². The van der Waals surface area contributed by atoms with Crippen molar-refractivity contribution in [3.63, 3.8) is 0 Å². The number of hydrogen-bond acceptors (Lipinski definition) is 3. The van der Waals surface area contributed by atoms with Crippen molar-refractivity contribution in [1.82, 2.24) is 20.5 Å². The first kappa shape index (κ1) is 19.9. The number of guanidine groups is 1. The molecule has 2 heterocycles. The van der Waals surface area contributed by atoms with Gasteiger partial charge in [-0.2, -0.15) is 0 Å². The van der Waals surface area contributed by atoms with E-state index < -0.39 is 0 Å². The first-order valence-corrected chi connectivity index (χ1v) is 10.0. The van der Waals surface area contributed by atoms with Gasteiger partial charge in [0.15, 0.2) is 5.96 Å². The summed E-state index contributed by atoms with van der Waals surface area (Å²) in [7, 11) is 0. The normalized spacial score (nSPS) is 13.3. The Bertz CT molecular complexity index is 766. The Balaban J connectivity index is 1.38. The smallest absolute Gasteiger partial charge is 0.223 e. The molecule has 1 aromatic heterocycles. The van der Waals surface area contributed by atoms with Crippen molar-refractivity contribution in [2.45, 2.75) is 39.3 Å². The fourth-order valence-electron chi connectivity index (χ4n) is 3.29. The van der Waals surface area contributed by atoms with Gasteiger partial charge >= 0.3 is 0 Å². The van der Waals surface area contributed by atoms with Crippen molar-refractivity contribution in [2.75, 3.05) is 19.6 Å². The number of nitrogens with zero attached hydrogens (tertiary/aromatic N) is 3. The maximum Gasteiger partial charge on any atom is 0.223 e. The monoisotopic (exact) mass is 379 g/mol. The van der Waals surface area contributed by atoms with E-state index in [0.29, 0.717) is 13.0 Å². The summed E-state index contributed by atoms with van der Waals surface area (Å²) in [4.78, 5) is 23.3. The molecule has 148 valence electrons. The van der Waals surface area contributed by atoms with Gasteiger partial charge in [0, 0.05) is 57.5 Å². The molecule has 0 bridgehead atoms. The van der Waals surface area contributed by atoms with Crippen LogP contribution in [0.15, 0.2) is 53.7 Å². The van der Waals surface area contributed by atoms with Crippen LogP contribution in [0.4, 0.5) is 0 Å². The predicted molar refractivity (Wildman–Crippen MR) is 112 cm³/mol. The van der Waals surface area contributed by atoms with Crippen molar-refractivity contribution >= 4 is 11.9 Å². The number of nitrogens with one attached hydrogen (secondary N) is 2. The number of fused-ring (bicyclic) bond motifs is 1. The summed E-state index contributed by atoms with van der Waals surface area (Å²) < 4.78 is 0. The lowest BCUT2D eigenvalue weighted by atomic mass is 10.1. The van der Waals surface area contributed by atoms with Gasteiger partial charge in [-0.3, -0.25) is 14.8 Å². The van der Waals surface area contributed by atoms with Crippen LogP contribution in [0.1, 0.15) is 36.6 Å². The number of benzene rings is 1. The summed E-state index contributed by atoms with van der Waals surface area (Å²) in [6.45, 7) is 5.72. The fraction of sp³-hybridized carbons (Fsp3) is 0.409. The molecule has 1 amide bonds. The molecule has 0 aliphatic carbocycles. The number of aliphatic imine (C=N–C) groups is 1. The van der Waals surface area contributed by atoms with Gasteiger partial charge in [0.2, 0.25) is 5.91 Å². The van der Waals surface area contributed by atoms with Gasteiger partial charge in [-0.1, -0.05) is 30.3 Å². The van der Waals surface area contributed by atoms with E-state index in [1.165, 1.54) is 11.1 Å². The maximum atomic E-state index is 12.5. The molecule has 2 N–H and O–H groups in total. The van der Waals surface area contributed by atoms with Gasteiger partial charge in [-0.15, -0.1) is 0 Å². The van der Waals surface area contributed by atoms with Crippen LogP contribution in [0.2, 0.25) is 0 Å². The van der Waals surface area contributed by atoms with Gasteiger partial charge in [-0.05, 0) is 36.6 Å². The van der Waals surface area contributed by atoms with E-state index in [-0.39, 0.29) is 5.91 Å². The molecule has 0 atom stereocenters. The lowest BCUT2D eigenvalue weighted by Crippen LogP contribution is -2.38. The molecule has 6 nitrogen and oxygen atoms in total. The largest absolute Gasteiger partial charge is 0.357 e. The zero-order chi connectivity index (χ0) is 19.6. The van der Waals surface area contributed by atoms with Crippen molar-refractivity contribution in [2.24, 2.45) is 4.99 Å². The third-order valence-corrected chi connectivity index (χ3v) is 4.76. The molecule has 1 aliphatic rings. The van der Waals surface area contributed by atoms with Gasteiger partial charge in [0.1, 0.15) is 0 Å².